The molecule has 0 saturated heterocycles. The molecule has 0 aromatic carbocycles. The molecule has 0 atom stereocenters. The number of methoxy groups -OCH3 is 1. The molecule has 13 heavy (non-hydrogen) atoms. The van der Waals surface area contributed by atoms with E-state index in [9.17, 15) is 4.79 Å². The van der Waals surface area contributed by atoms with Gasteiger partial charge in [-0.2, -0.15) is 0 Å². The van der Waals surface area contributed by atoms with Crippen molar-refractivity contribution < 1.29 is 14.3 Å². The Morgan fingerprint density at radius 2 is 2.15 bits per heavy atom. The van der Waals surface area contributed by atoms with Crippen molar-refractivity contribution in [2.75, 3.05) is 26.9 Å². The van der Waals surface area contributed by atoms with E-state index in [2.05, 4.69) is 0 Å². The van der Waals surface area contributed by atoms with Crippen molar-refractivity contribution >= 4 is 5.78 Å². The lowest BCUT2D eigenvalue weighted by molar-refractivity contribution is -0.124. The van der Waals surface area contributed by atoms with Crippen molar-refractivity contribution in [2.45, 2.75) is 25.7 Å². The first-order valence-electron chi connectivity index (χ1n) is 4.91. The Labute approximate surface area is 79.4 Å². The maximum atomic E-state index is 11.2. The summed E-state index contributed by atoms with van der Waals surface area (Å²) < 4.78 is 9.91. The number of ether oxygens (including phenoxy) is 2. The maximum Gasteiger partial charge on any atom is 0.158 e. The van der Waals surface area contributed by atoms with Gasteiger partial charge in [0.1, 0.15) is 6.61 Å². The molecule has 76 valence electrons. The van der Waals surface area contributed by atoms with Crippen molar-refractivity contribution in [2.24, 2.45) is 5.92 Å². The standard InChI is InChI=1S/C10H18O3/c1-12-6-7-13-8-10(11)5-4-9-2-3-9/h9H,2-8H2,1H3. The summed E-state index contributed by atoms with van der Waals surface area (Å²) in [6.07, 6.45) is 4.39. The molecule has 0 aromatic rings. The van der Waals surface area contributed by atoms with Crippen LogP contribution in [0.15, 0.2) is 0 Å². The van der Waals surface area contributed by atoms with Gasteiger partial charge in [0.2, 0.25) is 0 Å². The van der Waals surface area contributed by atoms with E-state index in [1.54, 1.807) is 7.11 Å². The van der Waals surface area contributed by atoms with Crippen LogP contribution in [0.5, 0.6) is 0 Å². The molecule has 1 aliphatic carbocycles. The summed E-state index contributed by atoms with van der Waals surface area (Å²) in [6.45, 7) is 1.34. The average molecular weight is 186 g/mol. The molecular formula is C10H18O3. The van der Waals surface area contributed by atoms with Crippen LogP contribution in [0.4, 0.5) is 0 Å². The van der Waals surface area contributed by atoms with E-state index in [0.29, 0.717) is 19.6 Å². The lowest BCUT2D eigenvalue weighted by Gasteiger charge is -2.02. The van der Waals surface area contributed by atoms with Gasteiger partial charge in [0.05, 0.1) is 13.2 Å². The topological polar surface area (TPSA) is 35.5 Å². The van der Waals surface area contributed by atoms with Gasteiger partial charge in [-0.05, 0) is 12.3 Å². The van der Waals surface area contributed by atoms with Gasteiger partial charge >= 0.3 is 0 Å². The number of Topliss-reactive ketones (excluding diaryl/α,β-unsaturated/α-hetero) is 1. The number of hydrogen-bond acceptors (Lipinski definition) is 3. The number of hydrogen-bond donors (Lipinski definition) is 0. The number of rotatable bonds is 8. The molecule has 1 saturated carbocycles. The van der Waals surface area contributed by atoms with E-state index in [4.69, 9.17) is 9.47 Å². The average Bonchev–Trinajstić information content (AvgIpc) is 2.92. The summed E-state index contributed by atoms with van der Waals surface area (Å²) >= 11 is 0. The van der Waals surface area contributed by atoms with Crippen LogP contribution in [0.2, 0.25) is 0 Å². The number of carbonyl (C=O) groups is 1. The van der Waals surface area contributed by atoms with Gasteiger partial charge in [0.25, 0.3) is 0 Å². The summed E-state index contributed by atoms with van der Waals surface area (Å²) in [5.74, 6) is 1.06. The largest absolute Gasteiger partial charge is 0.382 e. The summed E-state index contributed by atoms with van der Waals surface area (Å²) in [4.78, 5) is 11.2. The lowest BCUT2D eigenvalue weighted by Crippen LogP contribution is -2.11. The van der Waals surface area contributed by atoms with Gasteiger partial charge in [-0.3, -0.25) is 4.79 Å². The zero-order chi connectivity index (χ0) is 9.52. The molecule has 0 unspecified atom stereocenters. The third-order valence-electron chi connectivity index (χ3n) is 2.22. The molecule has 0 bridgehead atoms. The third-order valence-corrected chi connectivity index (χ3v) is 2.22. The Hall–Kier alpha value is -0.410. The smallest absolute Gasteiger partial charge is 0.158 e. The molecule has 3 nitrogen and oxygen atoms in total. The monoisotopic (exact) mass is 186 g/mol. The molecule has 0 amide bonds. The zero-order valence-corrected chi connectivity index (χ0v) is 8.25. The fourth-order valence-corrected chi connectivity index (χ4v) is 1.17. The van der Waals surface area contributed by atoms with Crippen LogP contribution in [0.1, 0.15) is 25.7 Å². The van der Waals surface area contributed by atoms with Crippen LogP contribution < -0.4 is 0 Å². The van der Waals surface area contributed by atoms with Crippen molar-refractivity contribution in [3.8, 4) is 0 Å². The zero-order valence-electron chi connectivity index (χ0n) is 8.25. The van der Waals surface area contributed by atoms with Crippen molar-refractivity contribution in [3.05, 3.63) is 0 Å². The van der Waals surface area contributed by atoms with Crippen LogP contribution >= 0.6 is 0 Å². The van der Waals surface area contributed by atoms with E-state index < -0.39 is 0 Å². The number of ketones is 1. The fraction of sp³-hybridized carbons (Fsp3) is 0.900. The molecule has 3 heteroatoms. The molecule has 1 rings (SSSR count). The Bertz CT molecular complexity index is 152. The van der Waals surface area contributed by atoms with E-state index in [0.717, 1.165) is 12.3 Å². The van der Waals surface area contributed by atoms with E-state index >= 15 is 0 Å². The molecule has 0 N–H and O–H groups in total. The first kappa shape index (κ1) is 10.7. The van der Waals surface area contributed by atoms with Crippen LogP contribution in [0.3, 0.4) is 0 Å². The second-order valence-corrected chi connectivity index (χ2v) is 3.57. The van der Waals surface area contributed by atoms with Gasteiger partial charge in [-0.15, -0.1) is 0 Å². The minimum absolute atomic E-state index is 0.225. The van der Waals surface area contributed by atoms with Crippen molar-refractivity contribution in [1.82, 2.24) is 0 Å². The molecule has 0 spiro atoms. The molecule has 0 aliphatic heterocycles. The summed E-state index contributed by atoms with van der Waals surface area (Å²) in [7, 11) is 1.62. The van der Waals surface area contributed by atoms with Crippen molar-refractivity contribution in [1.29, 1.82) is 0 Å². The highest BCUT2D eigenvalue weighted by atomic mass is 16.5. The molecule has 0 radical (unpaired) electrons. The van der Waals surface area contributed by atoms with E-state index in [-0.39, 0.29) is 12.4 Å². The first-order chi connectivity index (χ1) is 6.33. The molecule has 1 fully saturated rings. The summed E-state index contributed by atoms with van der Waals surface area (Å²) in [5, 5.41) is 0. The lowest BCUT2D eigenvalue weighted by atomic mass is 10.2. The SMILES string of the molecule is COCCOCC(=O)CCC1CC1. The van der Waals surface area contributed by atoms with E-state index in [1.165, 1.54) is 12.8 Å². The highest BCUT2D eigenvalue weighted by Gasteiger charge is 2.21. The summed E-state index contributed by atoms with van der Waals surface area (Å²) in [6, 6.07) is 0. The van der Waals surface area contributed by atoms with Gasteiger partial charge < -0.3 is 9.47 Å². The second-order valence-electron chi connectivity index (χ2n) is 3.57. The van der Waals surface area contributed by atoms with Gasteiger partial charge in [0.15, 0.2) is 5.78 Å². The normalized spacial score (nSPS) is 16.1. The van der Waals surface area contributed by atoms with Gasteiger partial charge in [-0.1, -0.05) is 12.8 Å². The van der Waals surface area contributed by atoms with Gasteiger partial charge in [0, 0.05) is 13.5 Å². The second kappa shape index (κ2) is 6.11. The van der Waals surface area contributed by atoms with Crippen LogP contribution in [0, 0.1) is 5.92 Å². The minimum atomic E-state index is 0.225. The molecule has 0 heterocycles. The van der Waals surface area contributed by atoms with Crippen molar-refractivity contribution in [3.63, 3.8) is 0 Å². The number of carbonyl (C=O) groups excluding carboxylic acids is 1. The first-order valence-corrected chi connectivity index (χ1v) is 4.91. The fourth-order valence-electron chi connectivity index (χ4n) is 1.17. The van der Waals surface area contributed by atoms with Crippen LogP contribution in [0.25, 0.3) is 0 Å². The van der Waals surface area contributed by atoms with Gasteiger partial charge in [-0.25, -0.2) is 0 Å². The Kier molecular flexibility index (Phi) is 5.01. The highest BCUT2D eigenvalue weighted by molar-refractivity contribution is 5.79. The predicted octanol–water partition coefficient (Wildman–Crippen LogP) is 1.41. The van der Waals surface area contributed by atoms with Crippen LogP contribution in [-0.4, -0.2) is 32.7 Å². The minimum Gasteiger partial charge on any atom is -0.382 e. The quantitative estimate of drug-likeness (QED) is 0.538. The van der Waals surface area contributed by atoms with E-state index in [1.807, 2.05) is 0 Å². The van der Waals surface area contributed by atoms with Crippen LogP contribution in [-0.2, 0) is 14.3 Å². The predicted molar refractivity (Wildman–Crippen MR) is 49.7 cm³/mol. The Morgan fingerprint density at radius 3 is 2.77 bits per heavy atom. The Balaban J connectivity index is 1.84. The highest BCUT2D eigenvalue weighted by Crippen LogP contribution is 2.33. The maximum absolute atomic E-state index is 11.2. The third kappa shape index (κ3) is 5.77. The Morgan fingerprint density at radius 1 is 1.38 bits per heavy atom. The molecular weight excluding hydrogens is 168 g/mol. The summed E-state index contributed by atoms with van der Waals surface area (Å²) in [5.41, 5.74) is 0. The molecule has 1 aliphatic rings. The molecule has 0 aromatic heterocycles.